The van der Waals surface area contributed by atoms with Crippen molar-refractivity contribution in [1.82, 2.24) is 0 Å². The van der Waals surface area contributed by atoms with Crippen molar-refractivity contribution < 1.29 is 14.6 Å². The molecular formula is C14H26Cl2O3. The minimum absolute atomic E-state index is 0.199. The van der Waals surface area contributed by atoms with E-state index in [0.29, 0.717) is 6.42 Å². The van der Waals surface area contributed by atoms with Gasteiger partial charge in [0.25, 0.3) is 0 Å². The molecule has 0 aliphatic carbocycles. The maximum absolute atomic E-state index is 11.5. The molecule has 0 saturated heterocycles. The van der Waals surface area contributed by atoms with Crippen LogP contribution in [0.3, 0.4) is 0 Å². The fraction of sp³-hybridized carbons (Fsp3) is 0.929. The van der Waals surface area contributed by atoms with Gasteiger partial charge in [-0.2, -0.15) is 0 Å². The summed E-state index contributed by atoms with van der Waals surface area (Å²) < 4.78 is 2.89. The van der Waals surface area contributed by atoms with E-state index in [2.05, 4.69) is 6.92 Å². The first-order valence-corrected chi connectivity index (χ1v) is 7.95. The molecule has 0 fully saturated rings. The SMILES string of the molecule is CCCCCCCCCC(O)C(Cl)(Cl)C(=O)OCC. The van der Waals surface area contributed by atoms with E-state index in [1.54, 1.807) is 6.92 Å². The van der Waals surface area contributed by atoms with Crippen molar-refractivity contribution in [3.8, 4) is 0 Å². The second kappa shape index (κ2) is 10.8. The van der Waals surface area contributed by atoms with Gasteiger partial charge in [-0.1, -0.05) is 75.1 Å². The number of halogens is 2. The predicted octanol–water partition coefficient (Wildman–Crippen LogP) is 4.23. The molecule has 0 bridgehead atoms. The maximum atomic E-state index is 11.5. The van der Waals surface area contributed by atoms with E-state index < -0.39 is 16.4 Å². The first-order chi connectivity index (χ1) is 8.96. The lowest BCUT2D eigenvalue weighted by Gasteiger charge is -2.23. The van der Waals surface area contributed by atoms with Gasteiger partial charge in [-0.25, -0.2) is 4.79 Å². The van der Waals surface area contributed by atoms with Gasteiger partial charge in [0.1, 0.15) is 0 Å². The summed E-state index contributed by atoms with van der Waals surface area (Å²) in [5.41, 5.74) is 0. The van der Waals surface area contributed by atoms with Gasteiger partial charge in [-0.05, 0) is 13.3 Å². The van der Waals surface area contributed by atoms with Crippen LogP contribution < -0.4 is 0 Å². The monoisotopic (exact) mass is 312 g/mol. The molecule has 1 N–H and O–H groups in total. The topological polar surface area (TPSA) is 46.5 Å². The number of carbonyl (C=O) groups is 1. The number of aliphatic hydroxyl groups is 1. The van der Waals surface area contributed by atoms with E-state index in [4.69, 9.17) is 27.9 Å². The molecule has 114 valence electrons. The second-order valence-electron chi connectivity index (χ2n) is 4.77. The molecule has 0 aliphatic heterocycles. The molecule has 0 amide bonds. The van der Waals surface area contributed by atoms with Crippen molar-refractivity contribution in [1.29, 1.82) is 0 Å². The Balaban J connectivity index is 3.78. The summed E-state index contributed by atoms with van der Waals surface area (Å²) in [5.74, 6) is -0.770. The van der Waals surface area contributed by atoms with Crippen molar-refractivity contribution in [2.45, 2.75) is 75.7 Å². The largest absolute Gasteiger partial charge is 0.464 e. The van der Waals surface area contributed by atoms with E-state index in [0.717, 1.165) is 19.3 Å². The number of hydrogen-bond donors (Lipinski definition) is 1. The minimum atomic E-state index is -1.85. The normalized spacial score (nSPS) is 13.3. The van der Waals surface area contributed by atoms with Gasteiger partial charge in [0.15, 0.2) is 0 Å². The summed E-state index contributed by atoms with van der Waals surface area (Å²) in [4.78, 5) is 11.5. The highest BCUT2D eigenvalue weighted by atomic mass is 35.5. The number of alkyl halides is 2. The van der Waals surface area contributed by atoms with Crippen molar-refractivity contribution in [3.05, 3.63) is 0 Å². The third-order valence-electron chi connectivity index (χ3n) is 3.05. The van der Waals surface area contributed by atoms with Gasteiger partial charge in [0.05, 0.1) is 12.7 Å². The van der Waals surface area contributed by atoms with Crippen LogP contribution in [0.5, 0.6) is 0 Å². The highest BCUT2D eigenvalue weighted by Crippen LogP contribution is 2.30. The highest BCUT2D eigenvalue weighted by molar-refractivity contribution is 6.58. The standard InChI is InChI=1S/C14H26Cl2O3/c1-3-5-6-7-8-9-10-11-12(17)14(15,16)13(18)19-4-2/h12,17H,3-11H2,1-2H3. The molecule has 3 nitrogen and oxygen atoms in total. The lowest BCUT2D eigenvalue weighted by atomic mass is 10.0. The molecule has 0 radical (unpaired) electrons. The zero-order valence-electron chi connectivity index (χ0n) is 12.0. The Hall–Kier alpha value is 0.01000. The summed E-state index contributed by atoms with van der Waals surface area (Å²) in [6.45, 7) is 4.06. The first-order valence-electron chi connectivity index (χ1n) is 7.19. The Morgan fingerprint density at radius 3 is 2.16 bits per heavy atom. The van der Waals surface area contributed by atoms with E-state index in [-0.39, 0.29) is 6.61 Å². The van der Waals surface area contributed by atoms with Gasteiger partial charge in [0.2, 0.25) is 4.33 Å². The molecule has 1 unspecified atom stereocenters. The Kier molecular flexibility index (Phi) is 10.8. The zero-order valence-corrected chi connectivity index (χ0v) is 13.5. The van der Waals surface area contributed by atoms with Crippen LogP contribution >= 0.6 is 23.2 Å². The van der Waals surface area contributed by atoms with E-state index in [1.165, 1.54) is 25.7 Å². The summed E-state index contributed by atoms with van der Waals surface area (Å²) in [6.07, 6.45) is 7.30. The van der Waals surface area contributed by atoms with Crippen molar-refractivity contribution in [2.75, 3.05) is 6.61 Å². The summed E-state index contributed by atoms with van der Waals surface area (Å²) in [6, 6.07) is 0. The number of carbonyl (C=O) groups excluding carboxylic acids is 1. The third kappa shape index (κ3) is 8.01. The molecule has 0 aromatic rings. The number of ether oxygens (including phenoxy) is 1. The Morgan fingerprint density at radius 2 is 1.63 bits per heavy atom. The summed E-state index contributed by atoms with van der Waals surface area (Å²) >= 11 is 11.7. The van der Waals surface area contributed by atoms with Gasteiger partial charge >= 0.3 is 5.97 Å². The molecule has 19 heavy (non-hydrogen) atoms. The van der Waals surface area contributed by atoms with Crippen LogP contribution in [0.1, 0.15) is 65.2 Å². The summed E-state index contributed by atoms with van der Waals surface area (Å²) in [5, 5.41) is 9.85. The third-order valence-corrected chi connectivity index (χ3v) is 3.86. The van der Waals surface area contributed by atoms with Crippen LogP contribution in [-0.4, -0.2) is 28.1 Å². The number of hydrogen-bond acceptors (Lipinski definition) is 3. The average molecular weight is 313 g/mol. The number of esters is 1. The zero-order chi connectivity index (χ0) is 14.7. The molecule has 5 heteroatoms. The molecule has 0 heterocycles. The van der Waals surface area contributed by atoms with E-state index >= 15 is 0 Å². The fourth-order valence-electron chi connectivity index (χ4n) is 1.84. The minimum Gasteiger partial charge on any atom is -0.464 e. The highest BCUT2D eigenvalue weighted by Gasteiger charge is 2.42. The average Bonchev–Trinajstić information content (AvgIpc) is 2.37. The quantitative estimate of drug-likeness (QED) is 0.353. The van der Waals surface area contributed by atoms with Gasteiger partial charge < -0.3 is 9.84 Å². The molecule has 0 spiro atoms. The van der Waals surface area contributed by atoms with Crippen LogP contribution in [0.15, 0.2) is 0 Å². The van der Waals surface area contributed by atoms with Crippen molar-refractivity contribution in [2.24, 2.45) is 0 Å². The van der Waals surface area contributed by atoms with Gasteiger partial charge in [0, 0.05) is 0 Å². The number of unbranched alkanes of at least 4 members (excludes halogenated alkanes) is 6. The van der Waals surface area contributed by atoms with Gasteiger partial charge in [-0.15, -0.1) is 0 Å². The predicted molar refractivity (Wildman–Crippen MR) is 79.7 cm³/mol. The molecular weight excluding hydrogens is 287 g/mol. The van der Waals surface area contributed by atoms with Crippen LogP contribution in [0, 0.1) is 0 Å². The Labute approximate surface area is 126 Å². The molecule has 0 aromatic carbocycles. The van der Waals surface area contributed by atoms with E-state index in [1.807, 2.05) is 0 Å². The van der Waals surface area contributed by atoms with Gasteiger partial charge in [-0.3, -0.25) is 0 Å². The molecule has 0 saturated carbocycles. The Morgan fingerprint density at radius 1 is 1.11 bits per heavy atom. The smallest absolute Gasteiger partial charge is 0.345 e. The maximum Gasteiger partial charge on any atom is 0.345 e. The summed E-state index contributed by atoms with van der Waals surface area (Å²) in [7, 11) is 0. The molecule has 0 aromatic heterocycles. The first kappa shape index (κ1) is 19.0. The lowest BCUT2D eigenvalue weighted by molar-refractivity contribution is -0.146. The van der Waals surface area contributed by atoms with Crippen molar-refractivity contribution in [3.63, 3.8) is 0 Å². The fourth-order valence-corrected chi connectivity index (χ4v) is 2.17. The van der Waals surface area contributed by atoms with Crippen LogP contribution in [0.25, 0.3) is 0 Å². The van der Waals surface area contributed by atoms with Crippen LogP contribution in [0.2, 0.25) is 0 Å². The lowest BCUT2D eigenvalue weighted by Crippen LogP contribution is -2.40. The number of aliphatic hydroxyl groups excluding tert-OH is 1. The molecule has 0 rings (SSSR count). The van der Waals surface area contributed by atoms with Crippen LogP contribution in [0.4, 0.5) is 0 Å². The Bertz CT molecular complexity index is 245. The molecule has 0 aliphatic rings. The number of rotatable bonds is 11. The van der Waals surface area contributed by atoms with Crippen LogP contribution in [-0.2, 0) is 9.53 Å². The van der Waals surface area contributed by atoms with E-state index in [9.17, 15) is 9.90 Å². The second-order valence-corrected chi connectivity index (χ2v) is 6.16. The van der Waals surface area contributed by atoms with Crippen molar-refractivity contribution >= 4 is 29.2 Å². The molecule has 1 atom stereocenters.